The summed E-state index contributed by atoms with van der Waals surface area (Å²) in [7, 11) is 0. The fraction of sp³-hybridized carbons (Fsp3) is 0.833. The largest absolute Gasteiger partial charge is 0.560 e. The molecule has 0 saturated heterocycles. The van der Waals surface area contributed by atoms with Crippen LogP contribution in [-0.4, -0.2) is 38.9 Å². The van der Waals surface area contributed by atoms with Gasteiger partial charge in [-0.15, -0.1) is 0 Å². The molecule has 0 aliphatic rings. The Bertz CT molecular complexity index is 169. The van der Waals surface area contributed by atoms with Crippen molar-refractivity contribution in [2.45, 2.75) is 31.6 Å². The van der Waals surface area contributed by atoms with Crippen LogP contribution in [-0.2, 0) is 4.79 Å². The second-order valence-corrected chi connectivity index (χ2v) is 3.12. The van der Waals surface area contributed by atoms with E-state index in [9.17, 15) is 4.79 Å². The SMILES string of the molecule is NC(CCCC[B-](O)(O)O)C(=O)O. The lowest BCUT2D eigenvalue weighted by atomic mass is 9.74. The summed E-state index contributed by atoms with van der Waals surface area (Å²) in [6.45, 7) is -3.24. The van der Waals surface area contributed by atoms with Gasteiger partial charge in [0.05, 0.1) is 0 Å². The minimum atomic E-state index is -3.24. The summed E-state index contributed by atoms with van der Waals surface area (Å²) in [5.74, 6) is -1.08. The summed E-state index contributed by atoms with van der Waals surface area (Å²) in [5, 5.41) is 33.9. The molecule has 0 radical (unpaired) electrons. The van der Waals surface area contributed by atoms with E-state index < -0.39 is 18.8 Å². The molecule has 0 aromatic carbocycles. The fourth-order valence-electron chi connectivity index (χ4n) is 0.906. The Morgan fingerprint density at radius 3 is 2.23 bits per heavy atom. The maximum atomic E-state index is 10.2. The van der Waals surface area contributed by atoms with E-state index in [0.29, 0.717) is 12.8 Å². The lowest BCUT2D eigenvalue weighted by molar-refractivity contribution is -0.138. The molecule has 7 heteroatoms. The fourth-order valence-corrected chi connectivity index (χ4v) is 0.906. The molecule has 6 N–H and O–H groups in total. The van der Waals surface area contributed by atoms with Crippen LogP contribution < -0.4 is 5.73 Å². The first-order valence-corrected chi connectivity index (χ1v) is 4.14. The van der Waals surface area contributed by atoms with Crippen LogP contribution in [0.15, 0.2) is 0 Å². The molecule has 0 rings (SSSR count). The van der Waals surface area contributed by atoms with E-state index >= 15 is 0 Å². The Labute approximate surface area is 76.0 Å². The van der Waals surface area contributed by atoms with Gasteiger partial charge in [0.15, 0.2) is 0 Å². The van der Waals surface area contributed by atoms with Crippen LogP contribution in [0.4, 0.5) is 0 Å². The average Bonchev–Trinajstić information content (AvgIpc) is 1.95. The van der Waals surface area contributed by atoms with E-state index in [1.807, 2.05) is 0 Å². The normalized spacial score (nSPS) is 14.2. The van der Waals surface area contributed by atoms with Crippen molar-refractivity contribution in [2.75, 3.05) is 0 Å². The molecule has 0 saturated carbocycles. The molecule has 6 nitrogen and oxygen atoms in total. The van der Waals surface area contributed by atoms with Crippen molar-refractivity contribution >= 4 is 12.7 Å². The topological polar surface area (TPSA) is 124 Å². The molecule has 0 aliphatic heterocycles. The highest BCUT2D eigenvalue weighted by molar-refractivity contribution is 6.56. The standard InChI is InChI=1S/C6H15BNO5/c8-5(6(9)10)3-1-2-4-7(11,12)13/h5,11-13H,1-4,8H2,(H,9,10)/q-1. The van der Waals surface area contributed by atoms with E-state index in [1.54, 1.807) is 0 Å². The van der Waals surface area contributed by atoms with Crippen LogP contribution in [0.1, 0.15) is 19.3 Å². The molecule has 1 atom stereocenters. The van der Waals surface area contributed by atoms with Crippen molar-refractivity contribution in [2.24, 2.45) is 5.73 Å². The van der Waals surface area contributed by atoms with Gasteiger partial charge in [0.1, 0.15) is 6.04 Å². The lowest BCUT2D eigenvalue weighted by Gasteiger charge is -2.19. The number of carboxylic acids is 1. The Morgan fingerprint density at radius 1 is 1.31 bits per heavy atom. The lowest BCUT2D eigenvalue weighted by Crippen LogP contribution is -2.34. The van der Waals surface area contributed by atoms with Gasteiger partial charge < -0.3 is 25.9 Å². The van der Waals surface area contributed by atoms with Gasteiger partial charge in [0.2, 0.25) is 0 Å². The highest BCUT2D eigenvalue weighted by Crippen LogP contribution is 2.07. The van der Waals surface area contributed by atoms with Crippen molar-refractivity contribution in [3.05, 3.63) is 0 Å². The quantitative estimate of drug-likeness (QED) is 0.257. The first-order chi connectivity index (χ1) is 5.83. The van der Waals surface area contributed by atoms with E-state index in [4.69, 9.17) is 25.9 Å². The van der Waals surface area contributed by atoms with Crippen molar-refractivity contribution < 1.29 is 25.0 Å². The number of hydrogen-bond donors (Lipinski definition) is 5. The zero-order valence-corrected chi connectivity index (χ0v) is 7.26. The second kappa shape index (κ2) is 5.18. The van der Waals surface area contributed by atoms with Gasteiger partial charge in [0, 0.05) is 0 Å². The third-order valence-corrected chi connectivity index (χ3v) is 1.67. The van der Waals surface area contributed by atoms with E-state index in [1.165, 1.54) is 0 Å². The molecule has 0 amide bonds. The number of hydrogen-bond acceptors (Lipinski definition) is 5. The number of carbonyl (C=O) groups is 1. The molecule has 1 unspecified atom stereocenters. The molecule has 0 fully saturated rings. The highest BCUT2D eigenvalue weighted by atomic mass is 16.5. The molecular formula is C6H15BNO5-. The van der Waals surface area contributed by atoms with Gasteiger partial charge in [-0.2, -0.15) is 0 Å². The smallest absolute Gasteiger partial charge is 0.371 e. The van der Waals surface area contributed by atoms with Crippen molar-refractivity contribution in [3.8, 4) is 0 Å². The summed E-state index contributed by atoms with van der Waals surface area (Å²) >= 11 is 0. The molecule has 0 aromatic rings. The zero-order chi connectivity index (χ0) is 10.5. The number of aliphatic carboxylic acids is 1. The Hall–Kier alpha value is -0.625. The first-order valence-electron chi connectivity index (χ1n) is 4.14. The minimum absolute atomic E-state index is 0.146. The molecule has 0 aromatic heterocycles. The molecule has 0 heterocycles. The predicted octanol–water partition coefficient (Wildman–Crippen LogP) is -1.52. The second-order valence-electron chi connectivity index (χ2n) is 3.12. The van der Waals surface area contributed by atoms with Crippen LogP contribution >= 0.6 is 0 Å². The van der Waals surface area contributed by atoms with Gasteiger partial charge in [-0.05, 0) is 6.42 Å². The van der Waals surface area contributed by atoms with Crippen LogP contribution in [0.5, 0.6) is 0 Å². The van der Waals surface area contributed by atoms with E-state index in [2.05, 4.69) is 0 Å². The Balaban J connectivity index is 3.41. The number of rotatable bonds is 6. The summed E-state index contributed by atoms with van der Waals surface area (Å²) in [6, 6.07) is -0.919. The van der Waals surface area contributed by atoms with Gasteiger partial charge >= 0.3 is 12.7 Å². The third-order valence-electron chi connectivity index (χ3n) is 1.67. The number of carboxylic acid groups (broad SMARTS) is 1. The van der Waals surface area contributed by atoms with Gasteiger partial charge in [-0.3, -0.25) is 4.79 Å². The summed E-state index contributed by atoms with van der Waals surface area (Å²) in [5.41, 5.74) is 5.18. The molecule has 78 valence electrons. The zero-order valence-electron chi connectivity index (χ0n) is 7.26. The summed E-state index contributed by atoms with van der Waals surface area (Å²) < 4.78 is 0. The van der Waals surface area contributed by atoms with Crippen molar-refractivity contribution in [3.63, 3.8) is 0 Å². The van der Waals surface area contributed by atoms with E-state index in [0.717, 1.165) is 0 Å². The molecule has 0 spiro atoms. The summed E-state index contributed by atoms with van der Waals surface area (Å²) in [6.07, 6.45) is 0.900. The van der Waals surface area contributed by atoms with Crippen molar-refractivity contribution in [1.29, 1.82) is 0 Å². The molecule has 0 bridgehead atoms. The molecular weight excluding hydrogens is 177 g/mol. The third kappa shape index (κ3) is 7.73. The first kappa shape index (κ1) is 12.4. The van der Waals surface area contributed by atoms with Gasteiger partial charge in [-0.25, -0.2) is 0 Å². The molecule has 13 heavy (non-hydrogen) atoms. The number of unbranched alkanes of at least 4 members (excludes halogenated alkanes) is 1. The molecule has 0 aliphatic carbocycles. The maximum absolute atomic E-state index is 10.2. The Kier molecular flexibility index (Phi) is 4.93. The maximum Gasteiger partial charge on any atom is 0.371 e. The highest BCUT2D eigenvalue weighted by Gasteiger charge is 2.15. The Morgan fingerprint density at radius 2 is 1.85 bits per heavy atom. The van der Waals surface area contributed by atoms with Crippen LogP contribution in [0.25, 0.3) is 0 Å². The average molecular weight is 192 g/mol. The van der Waals surface area contributed by atoms with E-state index in [-0.39, 0.29) is 12.7 Å². The van der Waals surface area contributed by atoms with Crippen molar-refractivity contribution in [1.82, 2.24) is 0 Å². The van der Waals surface area contributed by atoms with Gasteiger partial charge in [-0.1, -0.05) is 19.2 Å². The number of nitrogens with two attached hydrogens (primary N) is 1. The van der Waals surface area contributed by atoms with Gasteiger partial charge in [0.25, 0.3) is 0 Å². The predicted molar refractivity (Wildman–Crippen MR) is 46.7 cm³/mol. The van der Waals surface area contributed by atoms with Crippen LogP contribution in [0.3, 0.4) is 0 Å². The monoisotopic (exact) mass is 192 g/mol. The van der Waals surface area contributed by atoms with Crippen LogP contribution in [0.2, 0.25) is 6.32 Å². The van der Waals surface area contributed by atoms with Crippen LogP contribution in [0, 0.1) is 0 Å². The summed E-state index contributed by atoms with van der Waals surface area (Å²) in [4.78, 5) is 10.2. The minimum Gasteiger partial charge on any atom is -0.560 e.